The number of rotatable bonds is 4. The van der Waals surface area contributed by atoms with Gasteiger partial charge in [-0.1, -0.05) is 33.6 Å². The molecule has 1 heterocycles. The average molecular weight is 266 g/mol. The molecule has 19 heavy (non-hydrogen) atoms. The second kappa shape index (κ2) is 6.58. The van der Waals surface area contributed by atoms with Crippen LogP contribution in [0.4, 0.5) is 0 Å². The molecule has 1 saturated heterocycles. The van der Waals surface area contributed by atoms with Gasteiger partial charge in [-0.2, -0.15) is 0 Å². The fourth-order valence-electron chi connectivity index (χ4n) is 4.25. The molecule has 2 heteroatoms. The van der Waals surface area contributed by atoms with Crippen molar-refractivity contribution in [2.45, 2.75) is 71.3 Å². The van der Waals surface area contributed by atoms with E-state index in [1.54, 1.807) is 0 Å². The summed E-state index contributed by atoms with van der Waals surface area (Å²) in [7, 11) is 0. The second-order valence-electron chi connectivity index (χ2n) is 7.35. The van der Waals surface area contributed by atoms with Gasteiger partial charge in [-0.15, -0.1) is 0 Å². The van der Waals surface area contributed by atoms with Crippen LogP contribution < -0.4 is 5.73 Å². The summed E-state index contributed by atoms with van der Waals surface area (Å²) in [5.41, 5.74) is 6.57. The molecular formula is C17H34N2. The molecule has 0 amide bonds. The van der Waals surface area contributed by atoms with Crippen molar-refractivity contribution in [3.05, 3.63) is 0 Å². The van der Waals surface area contributed by atoms with Crippen LogP contribution in [0, 0.1) is 17.8 Å². The van der Waals surface area contributed by atoms with Gasteiger partial charge in [-0.25, -0.2) is 0 Å². The molecule has 2 rings (SSSR count). The Morgan fingerprint density at radius 1 is 1.11 bits per heavy atom. The molecule has 2 nitrogen and oxygen atoms in total. The summed E-state index contributed by atoms with van der Waals surface area (Å²) in [5.74, 6) is 2.71. The fourth-order valence-corrected chi connectivity index (χ4v) is 4.25. The van der Waals surface area contributed by atoms with E-state index in [0.717, 1.165) is 24.3 Å². The highest BCUT2D eigenvalue weighted by Crippen LogP contribution is 2.40. The number of piperidine rings is 1. The Labute approximate surface area is 120 Å². The van der Waals surface area contributed by atoms with Crippen LogP contribution in [-0.2, 0) is 0 Å². The van der Waals surface area contributed by atoms with Gasteiger partial charge in [-0.05, 0) is 56.4 Å². The largest absolute Gasteiger partial charge is 0.329 e. The van der Waals surface area contributed by atoms with Crippen LogP contribution in [0.25, 0.3) is 0 Å². The van der Waals surface area contributed by atoms with Gasteiger partial charge in [0.25, 0.3) is 0 Å². The molecule has 2 fully saturated rings. The van der Waals surface area contributed by atoms with Crippen molar-refractivity contribution in [1.29, 1.82) is 0 Å². The van der Waals surface area contributed by atoms with Crippen LogP contribution in [0.5, 0.6) is 0 Å². The lowest BCUT2D eigenvalue weighted by Crippen LogP contribution is -2.59. The van der Waals surface area contributed by atoms with E-state index in [4.69, 9.17) is 5.73 Å². The van der Waals surface area contributed by atoms with Crippen molar-refractivity contribution in [2.75, 3.05) is 19.6 Å². The molecule has 112 valence electrons. The maximum atomic E-state index is 6.23. The molecular weight excluding hydrogens is 232 g/mol. The van der Waals surface area contributed by atoms with Gasteiger partial charge in [0.1, 0.15) is 0 Å². The van der Waals surface area contributed by atoms with Crippen LogP contribution in [0.3, 0.4) is 0 Å². The number of nitrogens with two attached hydrogens (primary N) is 1. The summed E-state index contributed by atoms with van der Waals surface area (Å²) in [6, 6.07) is 0. The van der Waals surface area contributed by atoms with Crippen molar-refractivity contribution in [1.82, 2.24) is 4.90 Å². The highest BCUT2D eigenvalue weighted by Gasteiger charge is 2.41. The minimum absolute atomic E-state index is 0.346. The molecule has 0 aromatic carbocycles. The van der Waals surface area contributed by atoms with Gasteiger partial charge >= 0.3 is 0 Å². The zero-order valence-corrected chi connectivity index (χ0v) is 13.3. The quantitative estimate of drug-likeness (QED) is 0.841. The number of nitrogens with zero attached hydrogens (tertiary/aromatic N) is 1. The fraction of sp³-hybridized carbons (Fsp3) is 1.00. The molecule has 2 atom stereocenters. The van der Waals surface area contributed by atoms with Crippen LogP contribution in [0.2, 0.25) is 0 Å². The van der Waals surface area contributed by atoms with Crippen LogP contribution >= 0.6 is 0 Å². The van der Waals surface area contributed by atoms with E-state index < -0.39 is 0 Å². The van der Waals surface area contributed by atoms with E-state index in [2.05, 4.69) is 25.7 Å². The molecule has 0 bridgehead atoms. The number of hydrogen-bond donors (Lipinski definition) is 1. The number of hydrogen-bond acceptors (Lipinski definition) is 2. The molecule has 0 radical (unpaired) electrons. The SMILES string of the molecule is CCCC1CCC(CN)(N2CCC(C)C(C)C2)CC1. The molecule has 2 unspecified atom stereocenters. The zero-order chi connectivity index (χ0) is 13.9. The summed E-state index contributed by atoms with van der Waals surface area (Å²) in [5, 5.41) is 0. The second-order valence-corrected chi connectivity index (χ2v) is 7.35. The summed E-state index contributed by atoms with van der Waals surface area (Å²) in [6.07, 6.45) is 9.63. The lowest BCUT2D eigenvalue weighted by atomic mass is 9.72. The first-order chi connectivity index (χ1) is 9.11. The Bertz CT molecular complexity index is 268. The number of likely N-dealkylation sites (tertiary alicyclic amines) is 1. The molecule has 2 aliphatic rings. The minimum atomic E-state index is 0.346. The topological polar surface area (TPSA) is 29.3 Å². The van der Waals surface area contributed by atoms with Crippen LogP contribution in [0.1, 0.15) is 65.7 Å². The van der Waals surface area contributed by atoms with Crippen molar-refractivity contribution < 1.29 is 0 Å². The summed E-state index contributed by atoms with van der Waals surface area (Å²) in [6.45, 7) is 10.6. The van der Waals surface area contributed by atoms with E-state index in [1.165, 1.54) is 58.0 Å². The van der Waals surface area contributed by atoms with Crippen molar-refractivity contribution in [3.63, 3.8) is 0 Å². The van der Waals surface area contributed by atoms with E-state index in [0.29, 0.717) is 5.54 Å². The molecule has 0 spiro atoms. The Morgan fingerprint density at radius 3 is 2.32 bits per heavy atom. The van der Waals surface area contributed by atoms with Crippen molar-refractivity contribution >= 4 is 0 Å². The molecule has 0 aromatic rings. The van der Waals surface area contributed by atoms with Gasteiger partial charge in [0.2, 0.25) is 0 Å². The predicted octanol–water partition coefficient (Wildman–Crippen LogP) is 3.65. The normalized spacial score (nSPS) is 41.4. The molecule has 1 aliphatic heterocycles. The zero-order valence-electron chi connectivity index (χ0n) is 13.3. The van der Waals surface area contributed by atoms with Crippen LogP contribution in [-0.4, -0.2) is 30.1 Å². The van der Waals surface area contributed by atoms with E-state index in [-0.39, 0.29) is 0 Å². The first-order valence-corrected chi connectivity index (χ1v) is 8.56. The third kappa shape index (κ3) is 3.33. The van der Waals surface area contributed by atoms with Gasteiger partial charge in [0.05, 0.1) is 0 Å². The van der Waals surface area contributed by atoms with Gasteiger partial charge in [0.15, 0.2) is 0 Å². The van der Waals surface area contributed by atoms with E-state index in [1.807, 2.05) is 0 Å². The van der Waals surface area contributed by atoms with Crippen molar-refractivity contribution in [2.24, 2.45) is 23.5 Å². The third-order valence-electron chi connectivity index (χ3n) is 6.12. The first-order valence-electron chi connectivity index (χ1n) is 8.56. The van der Waals surface area contributed by atoms with Crippen LogP contribution in [0.15, 0.2) is 0 Å². The Kier molecular flexibility index (Phi) is 5.30. The summed E-state index contributed by atoms with van der Waals surface area (Å²) >= 11 is 0. The van der Waals surface area contributed by atoms with Crippen molar-refractivity contribution in [3.8, 4) is 0 Å². The molecule has 0 aromatic heterocycles. The lowest BCUT2D eigenvalue weighted by molar-refractivity contribution is -0.00281. The maximum absolute atomic E-state index is 6.23. The van der Waals surface area contributed by atoms with Gasteiger partial charge in [0, 0.05) is 18.6 Å². The maximum Gasteiger partial charge on any atom is 0.0332 e. The van der Waals surface area contributed by atoms with E-state index >= 15 is 0 Å². The summed E-state index contributed by atoms with van der Waals surface area (Å²) in [4.78, 5) is 2.76. The predicted molar refractivity (Wildman–Crippen MR) is 83.2 cm³/mol. The molecule has 2 N–H and O–H groups in total. The average Bonchev–Trinajstić information content (AvgIpc) is 2.43. The monoisotopic (exact) mass is 266 g/mol. The Balaban J connectivity index is 1.96. The summed E-state index contributed by atoms with van der Waals surface area (Å²) < 4.78 is 0. The Hall–Kier alpha value is -0.0800. The van der Waals surface area contributed by atoms with E-state index in [9.17, 15) is 0 Å². The molecule has 1 saturated carbocycles. The highest BCUT2D eigenvalue weighted by molar-refractivity contribution is 4.97. The molecule has 1 aliphatic carbocycles. The first kappa shape index (κ1) is 15.3. The van der Waals surface area contributed by atoms with Gasteiger partial charge in [-0.3, -0.25) is 4.90 Å². The Morgan fingerprint density at radius 2 is 1.79 bits per heavy atom. The standard InChI is InChI=1S/C17H34N2/c1-4-5-16-6-9-17(13-18,10-7-16)19-11-8-14(2)15(3)12-19/h14-16H,4-13,18H2,1-3H3. The highest BCUT2D eigenvalue weighted by atomic mass is 15.2. The smallest absolute Gasteiger partial charge is 0.0332 e. The minimum Gasteiger partial charge on any atom is -0.329 e. The van der Waals surface area contributed by atoms with Gasteiger partial charge < -0.3 is 5.73 Å². The lowest BCUT2D eigenvalue weighted by Gasteiger charge is -2.51. The third-order valence-corrected chi connectivity index (χ3v) is 6.12.